The second kappa shape index (κ2) is 5.75. The van der Waals surface area contributed by atoms with Gasteiger partial charge in [0.2, 0.25) is 11.8 Å². The highest BCUT2D eigenvalue weighted by Gasteiger charge is 2.07. The lowest BCUT2D eigenvalue weighted by molar-refractivity contribution is 0.397. The third-order valence-corrected chi connectivity index (χ3v) is 2.42. The van der Waals surface area contributed by atoms with E-state index in [9.17, 15) is 0 Å². The topological polar surface area (TPSA) is 47.0 Å². The van der Waals surface area contributed by atoms with Crippen molar-refractivity contribution in [2.75, 3.05) is 18.3 Å². The molecule has 4 nitrogen and oxygen atoms in total. The van der Waals surface area contributed by atoms with Gasteiger partial charge in [-0.2, -0.15) is 4.98 Å². The van der Waals surface area contributed by atoms with Crippen LogP contribution in [0.4, 0.5) is 5.95 Å². The average molecular weight is 230 g/mol. The number of aryl methyl sites for hydroxylation is 1. The van der Waals surface area contributed by atoms with E-state index in [0.29, 0.717) is 17.7 Å². The fourth-order valence-electron chi connectivity index (χ4n) is 1.14. The fourth-order valence-corrected chi connectivity index (χ4v) is 1.44. The highest BCUT2D eigenvalue weighted by Crippen LogP contribution is 2.12. The summed E-state index contributed by atoms with van der Waals surface area (Å²) in [7, 11) is 1.59. The standard InChI is InChI=1S/C10H16ClN3O/c1-4-8(6-11)13-10-12-7(2)5-9(14-10)15-3/h5,8H,4,6H2,1-3H3,(H,12,13,14). The molecule has 0 saturated carbocycles. The zero-order valence-corrected chi connectivity index (χ0v) is 10.0. The maximum atomic E-state index is 5.78. The SMILES string of the molecule is CCC(CCl)Nc1nc(C)cc(OC)n1. The van der Waals surface area contributed by atoms with Crippen LogP contribution in [0.2, 0.25) is 0 Å². The summed E-state index contributed by atoms with van der Waals surface area (Å²) >= 11 is 5.78. The Morgan fingerprint density at radius 3 is 2.80 bits per heavy atom. The molecule has 0 bridgehead atoms. The van der Waals surface area contributed by atoms with Crippen LogP contribution in [0.25, 0.3) is 0 Å². The van der Waals surface area contributed by atoms with Crippen molar-refractivity contribution in [1.29, 1.82) is 0 Å². The molecule has 1 aromatic rings. The maximum Gasteiger partial charge on any atom is 0.226 e. The van der Waals surface area contributed by atoms with E-state index < -0.39 is 0 Å². The Morgan fingerprint density at radius 2 is 2.27 bits per heavy atom. The Labute approximate surface area is 95.0 Å². The molecular weight excluding hydrogens is 214 g/mol. The summed E-state index contributed by atoms with van der Waals surface area (Å²) in [6.45, 7) is 3.96. The first-order valence-corrected chi connectivity index (χ1v) is 5.45. The lowest BCUT2D eigenvalue weighted by atomic mass is 10.3. The molecule has 1 N–H and O–H groups in total. The van der Waals surface area contributed by atoms with Crippen molar-refractivity contribution in [2.45, 2.75) is 26.3 Å². The predicted molar refractivity (Wildman–Crippen MR) is 61.7 cm³/mol. The molecule has 1 atom stereocenters. The lowest BCUT2D eigenvalue weighted by Gasteiger charge is -2.14. The number of aromatic nitrogens is 2. The smallest absolute Gasteiger partial charge is 0.226 e. The van der Waals surface area contributed by atoms with Crippen LogP contribution in [0, 0.1) is 6.92 Å². The summed E-state index contributed by atoms with van der Waals surface area (Å²) in [6.07, 6.45) is 0.934. The van der Waals surface area contributed by atoms with Gasteiger partial charge in [-0.05, 0) is 13.3 Å². The third kappa shape index (κ3) is 3.55. The number of anilines is 1. The number of rotatable bonds is 5. The van der Waals surface area contributed by atoms with E-state index >= 15 is 0 Å². The van der Waals surface area contributed by atoms with Crippen molar-refractivity contribution in [3.05, 3.63) is 11.8 Å². The van der Waals surface area contributed by atoms with Crippen molar-refractivity contribution in [2.24, 2.45) is 0 Å². The first kappa shape index (κ1) is 12.0. The van der Waals surface area contributed by atoms with Crippen molar-refractivity contribution >= 4 is 17.5 Å². The molecule has 1 aromatic heterocycles. The Balaban J connectivity index is 2.79. The summed E-state index contributed by atoms with van der Waals surface area (Å²) < 4.78 is 5.06. The number of nitrogens with one attached hydrogen (secondary N) is 1. The summed E-state index contributed by atoms with van der Waals surface area (Å²) in [6, 6.07) is 1.98. The van der Waals surface area contributed by atoms with Crippen molar-refractivity contribution in [3.8, 4) is 5.88 Å². The number of methoxy groups -OCH3 is 1. The van der Waals surface area contributed by atoms with E-state index in [1.54, 1.807) is 13.2 Å². The molecule has 0 saturated heterocycles. The third-order valence-electron chi connectivity index (χ3n) is 2.05. The van der Waals surface area contributed by atoms with E-state index in [0.717, 1.165) is 12.1 Å². The second-order valence-corrected chi connectivity index (χ2v) is 3.59. The molecule has 0 aliphatic carbocycles. The van der Waals surface area contributed by atoms with Gasteiger partial charge in [-0.3, -0.25) is 0 Å². The lowest BCUT2D eigenvalue weighted by Crippen LogP contribution is -2.21. The number of alkyl halides is 1. The minimum atomic E-state index is 0.193. The molecule has 0 amide bonds. The molecule has 0 aromatic carbocycles. The van der Waals surface area contributed by atoms with Crippen LogP contribution in [-0.2, 0) is 0 Å². The molecule has 15 heavy (non-hydrogen) atoms. The van der Waals surface area contributed by atoms with Gasteiger partial charge < -0.3 is 10.1 Å². The molecule has 1 heterocycles. The van der Waals surface area contributed by atoms with Crippen LogP contribution in [0.15, 0.2) is 6.07 Å². The zero-order valence-electron chi connectivity index (χ0n) is 9.25. The van der Waals surface area contributed by atoms with E-state index in [-0.39, 0.29) is 6.04 Å². The van der Waals surface area contributed by atoms with Crippen molar-refractivity contribution < 1.29 is 4.74 Å². The molecule has 1 unspecified atom stereocenters. The van der Waals surface area contributed by atoms with Gasteiger partial charge in [-0.25, -0.2) is 4.98 Å². The van der Waals surface area contributed by atoms with Gasteiger partial charge >= 0.3 is 0 Å². The van der Waals surface area contributed by atoms with Crippen LogP contribution in [0.3, 0.4) is 0 Å². The molecule has 0 fully saturated rings. The predicted octanol–water partition coefficient (Wildman–Crippen LogP) is 2.22. The molecular formula is C10H16ClN3O. The quantitative estimate of drug-likeness (QED) is 0.787. The Bertz CT molecular complexity index is 316. The summed E-state index contributed by atoms with van der Waals surface area (Å²) in [5.74, 6) is 1.67. The van der Waals surface area contributed by atoms with Crippen molar-refractivity contribution in [1.82, 2.24) is 9.97 Å². The highest BCUT2D eigenvalue weighted by atomic mass is 35.5. The average Bonchev–Trinajstić information content (AvgIpc) is 2.25. The number of hydrogen-bond donors (Lipinski definition) is 1. The molecule has 0 radical (unpaired) electrons. The first-order valence-electron chi connectivity index (χ1n) is 4.91. The summed E-state index contributed by atoms with van der Waals surface area (Å²) in [4.78, 5) is 8.44. The Kier molecular flexibility index (Phi) is 4.62. The van der Waals surface area contributed by atoms with E-state index in [1.807, 2.05) is 6.92 Å². The van der Waals surface area contributed by atoms with Gasteiger partial charge in [-0.1, -0.05) is 6.92 Å². The number of ether oxygens (including phenoxy) is 1. The van der Waals surface area contributed by atoms with Crippen LogP contribution in [-0.4, -0.2) is 29.0 Å². The minimum absolute atomic E-state index is 0.193. The Hall–Kier alpha value is -1.03. The van der Waals surface area contributed by atoms with E-state index in [4.69, 9.17) is 16.3 Å². The van der Waals surface area contributed by atoms with Crippen LogP contribution < -0.4 is 10.1 Å². The summed E-state index contributed by atoms with van der Waals surface area (Å²) in [5.41, 5.74) is 0.869. The van der Waals surface area contributed by atoms with Gasteiger partial charge in [-0.15, -0.1) is 11.6 Å². The van der Waals surface area contributed by atoms with Gasteiger partial charge in [0.05, 0.1) is 7.11 Å². The number of halogens is 1. The monoisotopic (exact) mass is 229 g/mol. The number of nitrogens with zero attached hydrogens (tertiary/aromatic N) is 2. The van der Waals surface area contributed by atoms with Gasteiger partial charge in [0.15, 0.2) is 0 Å². The molecule has 5 heteroatoms. The van der Waals surface area contributed by atoms with E-state index in [1.165, 1.54) is 0 Å². The summed E-state index contributed by atoms with van der Waals surface area (Å²) in [5, 5.41) is 3.16. The van der Waals surface area contributed by atoms with Gasteiger partial charge in [0.25, 0.3) is 0 Å². The molecule has 0 spiro atoms. The van der Waals surface area contributed by atoms with Crippen LogP contribution in [0.1, 0.15) is 19.0 Å². The minimum Gasteiger partial charge on any atom is -0.481 e. The highest BCUT2D eigenvalue weighted by molar-refractivity contribution is 6.18. The normalized spacial score (nSPS) is 12.3. The second-order valence-electron chi connectivity index (χ2n) is 3.28. The molecule has 84 valence electrons. The van der Waals surface area contributed by atoms with Crippen molar-refractivity contribution in [3.63, 3.8) is 0 Å². The molecule has 0 aliphatic rings. The maximum absolute atomic E-state index is 5.78. The molecule has 1 rings (SSSR count). The van der Waals surface area contributed by atoms with E-state index in [2.05, 4.69) is 22.2 Å². The van der Waals surface area contributed by atoms with Crippen LogP contribution in [0.5, 0.6) is 5.88 Å². The van der Waals surface area contributed by atoms with Gasteiger partial charge in [0.1, 0.15) is 0 Å². The number of hydrogen-bond acceptors (Lipinski definition) is 4. The largest absolute Gasteiger partial charge is 0.481 e. The van der Waals surface area contributed by atoms with Crippen LogP contribution >= 0.6 is 11.6 Å². The first-order chi connectivity index (χ1) is 7.19. The molecule has 0 aliphatic heterocycles. The zero-order chi connectivity index (χ0) is 11.3. The van der Waals surface area contributed by atoms with Gasteiger partial charge in [0, 0.05) is 23.7 Å². The fraction of sp³-hybridized carbons (Fsp3) is 0.600. The Morgan fingerprint density at radius 1 is 1.53 bits per heavy atom.